The van der Waals surface area contributed by atoms with Crippen LogP contribution in [-0.2, 0) is 11.2 Å². The highest BCUT2D eigenvalue weighted by atomic mass is 16.5. The fourth-order valence-electron chi connectivity index (χ4n) is 1.36. The minimum absolute atomic E-state index is 0.00292. The summed E-state index contributed by atoms with van der Waals surface area (Å²) in [6.07, 6.45) is -0.494. The fourth-order valence-corrected chi connectivity index (χ4v) is 1.36. The van der Waals surface area contributed by atoms with Crippen molar-refractivity contribution in [2.75, 3.05) is 7.11 Å². The number of carbonyl (C=O) groups is 2. The fraction of sp³-hybridized carbons (Fsp3) is 0.200. The van der Waals surface area contributed by atoms with Gasteiger partial charge in [0, 0.05) is 6.07 Å². The maximum Gasteiger partial charge on any atom is 0.339 e. The molecule has 6 heteroatoms. The first-order valence-corrected chi connectivity index (χ1v) is 4.30. The van der Waals surface area contributed by atoms with Gasteiger partial charge in [-0.2, -0.15) is 0 Å². The molecule has 0 saturated heterocycles. The summed E-state index contributed by atoms with van der Waals surface area (Å²) in [6.45, 7) is 0. The number of phenolic OH excluding ortho intramolecular Hbond substituents is 1. The molecule has 0 amide bonds. The summed E-state index contributed by atoms with van der Waals surface area (Å²) in [5.74, 6) is -2.79. The van der Waals surface area contributed by atoms with Crippen molar-refractivity contribution in [3.63, 3.8) is 0 Å². The number of aliphatic carboxylic acids is 1. The second kappa shape index (κ2) is 4.52. The van der Waals surface area contributed by atoms with Crippen molar-refractivity contribution < 1.29 is 29.6 Å². The molecular formula is C10H10O6. The van der Waals surface area contributed by atoms with Crippen molar-refractivity contribution in [1.29, 1.82) is 0 Å². The second-order valence-corrected chi connectivity index (χ2v) is 3.06. The van der Waals surface area contributed by atoms with Gasteiger partial charge in [0.05, 0.1) is 13.5 Å². The molecule has 0 radical (unpaired) electrons. The van der Waals surface area contributed by atoms with Crippen LogP contribution < -0.4 is 4.74 Å². The minimum atomic E-state index is -1.30. The van der Waals surface area contributed by atoms with Crippen LogP contribution in [0.5, 0.6) is 11.5 Å². The molecule has 0 aromatic heterocycles. The lowest BCUT2D eigenvalue weighted by molar-refractivity contribution is -0.136. The van der Waals surface area contributed by atoms with E-state index < -0.39 is 18.4 Å². The van der Waals surface area contributed by atoms with Gasteiger partial charge in [0.2, 0.25) is 0 Å². The summed E-state index contributed by atoms with van der Waals surface area (Å²) in [4.78, 5) is 21.5. The van der Waals surface area contributed by atoms with E-state index in [0.717, 1.165) is 12.1 Å². The van der Waals surface area contributed by atoms with Crippen molar-refractivity contribution in [2.45, 2.75) is 6.42 Å². The maximum absolute atomic E-state index is 10.9. The lowest BCUT2D eigenvalue weighted by Crippen LogP contribution is -2.09. The molecule has 1 rings (SSSR count). The number of methoxy groups -OCH3 is 1. The van der Waals surface area contributed by atoms with Gasteiger partial charge in [-0.25, -0.2) is 4.79 Å². The lowest BCUT2D eigenvalue weighted by atomic mass is 10.0. The Hall–Kier alpha value is -2.24. The van der Waals surface area contributed by atoms with Crippen LogP contribution >= 0.6 is 0 Å². The largest absolute Gasteiger partial charge is 0.508 e. The van der Waals surface area contributed by atoms with Gasteiger partial charge in [0.1, 0.15) is 17.1 Å². The molecule has 0 aliphatic heterocycles. The Kier molecular flexibility index (Phi) is 3.34. The van der Waals surface area contributed by atoms with Crippen LogP contribution in [-0.4, -0.2) is 34.4 Å². The Labute approximate surface area is 90.7 Å². The first-order chi connectivity index (χ1) is 7.45. The second-order valence-electron chi connectivity index (χ2n) is 3.06. The van der Waals surface area contributed by atoms with E-state index >= 15 is 0 Å². The van der Waals surface area contributed by atoms with Crippen molar-refractivity contribution in [3.05, 3.63) is 23.3 Å². The van der Waals surface area contributed by atoms with Gasteiger partial charge >= 0.3 is 11.9 Å². The maximum atomic E-state index is 10.9. The molecule has 1 aromatic rings. The molecule has 0 aliphatic carbocycles. The van der Waals surface area contributed by atoms with Crippen LogP contribution in [0.1, 0.15) is 15.9 Å². The molecular weight excluding hydrogens is 216 g/mol. The van der Waals surface area contributed by atoms with Gasteiger partial charge in [-0.15, -0.1) is 0 Å². The van der Waals surface area contributed by atoms with Crippen LogP contribution in [0.4, 0.5) is 0 Å². The minimum Gasteiger partial charge on any atom is -0.508 e. The number of rotatable bonds is 4. The Balaban J connectivity index is 3.37. The zero-order valence-electron chi connectivity index (χ0n) is 8.43. The third-order valence-electron chi connectivity index (χ3n) is 1.94. The SMILES string of the molecule is COc1cc(O)cc(CC(=O)O)c1C(=O)O. The van der Waals surface area contributed by atoms with Crippen LogP contribution in [0.3, 0.4) is 0 Å². The summed E-state index contributed by atoms with van der Waals surface area (Å²) in [5, 5.41) is 26.8. The van der Waals surface area contributed by atoms with Gasteiger partial charge in [0.15, 0.2) is 0 Å². The van der Waals surface area contributed by atoms with E-state index in [1.165, 1.54) is 7.11 Å². The monoisotopic (exact) mass is 226 g/mol. The molecule has 0 spiro atoms. The molecule has 6 nitrogen and oxygen atoms in total. The van der Waals surface area contributed by atoms with Gasteiger partial charge in [-0.05, 0) is 11.6 Å². The number of hydrogen-bond donors (Lipinski definition) is 3. The van der Waals surface area contributed by atoms with Crippen molar-refractivity contribution in [2.24, 2.45) is 0 Å². The van der Waals surface area contributed by atoms with E-state index in [4.69, 9.17) is 14.9 Å². The van der Waals surface area contributed by atoms with Crippen molar-refractivity contribution in [1.82, 2.24) is 0 Å². The summed E-state index contributed by atoms with van der Waals surface area (Å²) >= 11 is 0. The summed E-state index contributed by atoms with van der Waals surface area (Å²) in [5.41, 5.74) is -0.250. The summed E-state index contributed by atoms with van der Waals surface area (Å²) in [7, 11) is 1.24. The molecule has 86 valence electrons. The average Bonchev–Trinajstić information content (AvgIpc) is 2.14. The molecule has 3 N–H and O–H groups in total. The van der Waals surface area contributed by atoms with Gasteiger partial charge < -0.3 is 20.1 Å². The van der Waals surface area contributed by atoms with Crippen molar-refractivity contribution >= 4 is 11.9 Å². The Morgan fingerprint density at radius 1 is 1.31 bits per heavy atom. The first kappa shape index (κ1) is 11.8. The van der Waals surface area contributed by atoms with Gasteiger partial charge in [-0.1, -0.05) is 0 Å². The third-order valence-corrected chi connectivity index (χ3v) is 1.94. The Morgan fingerprint density at radius 2 is 1.94 bits per heavy atom. The van der Waals surface area contributed by atoms with Crippen LogP contribution in [0.25, 0.3) is 0 Å². The first-order valence-electron chi connectivity index (χ1n) is 4.30. The highest BCUT2D eigenvalue weighted by Crippen LogP contribution is 2.28. The van der Waals surface area contributed by atoms with Gasteiger partial charge in [-0.3, -0.25) is 4.79 Å². The predicted molar refractivity (Wildman–Crippen MR) is 53.0 cm³/mol. The summed E-state index contributed by atoms with van der Waals surface area (Å²) in [6, 6.07) is 2.22. The molecule has 0 bridgehead atoms. The topological polar surface area (TPSA) is 104 Å². The highest BCUT2D eigenvalue weighted by Gasteiger charge is 2.19. The predicted octanol–water partition coefficient (Wildman–Crippen LogP) is 0.726. The number of phenols is 1. The van der Waals surface area contributed by atoms with E-state index in [9.17, 15) is 14.7 Å². The molecule has 0 atom stereocenters. The average molecular weight is 226 g/mol. The van der Waals surface area contributed by atoms with Gasteiger partial charge in [0.25, 0.3) is 0 Å². The van der Waals surface area contributed by atoms with Crippen molar-refractivity contribution in [3.8, 4) is 11.5 Å². The molecule has 1 aromatic carbocycles. The van der Waals surface area contributed by atoms with E-state index in [1.807, 2.05) is 0 Å². The number of ether oxygens (including phenoxy) is 1. The quantitative estimate of drug-likeness (QED) is 0.699. The smallest absolute Gasteiger partial charge is 0.339 e. The van der Waals surface area contributed by atoms with Crippen LogP contribution in [0, 0.1) is 0 Å². The number of aromatic carboxylic acids is 1. The zero-order valence-corrected chi connectivity index (χ0v) is 8.43. The van der Waals surface area contributed by atoms with Crippen LogP contribution in [0.2, 0.25) is 0 Å². The summed E-state index contributed by atoms with van der Waals surface area (Å²) < 4.78 is 4.78. The number of hydrogen-bond acceptors (Lipinski definition) is 4. The van der Waals surface area contributed by atoms with E-state index in [-0.39, 0.29) is 22.6 Å². The third kappa shape index (κ3) is 2.41. The molecule has 0 unspecified atom stereocenters. The Morgan fingerprint density at radius 3 is 2.38 bits per heavy atom. The molecule has 0 aliphatic rings. The standard InChI is InChI=1S/C10H10O6/c1-16-7-4-6(11)2-5(3-8(12)13)9(7)10(14)15/h2,4,11H,3H2,1H3,(H,12,13)(H,14,15). The lowest BCUT2D eigenvalue weighted by Gasteiger charge is -2.09. The molecule has 16 heavy (non-hydrogen) atoms. The zero-order chi connectivity index (χ0) is 12.3. The Bertz CT molecular complexity index is 437. The number of benzene rings is 1. The highest BCUT2D eigenvalue weighted by molar-refractivity contribution is 5.94. The van der Waals surface area contributed by atoms with E-state index in [0.29, 0.717) is 0 Å². The number of carboxylic acid groups (broad SMARTS) is 2. The van der Waals surface area contributed by atoms with E-state index in [1.54, 1.807) is 0 Å². The number of carboxylic acids is 2. The molecule has 0 saturated carbocycles. The van der Waals surface area contributed by atoms with Crippen LogP contribution in [0.15, 0.2) is 12.1 Å². The number of aromatic hydroxyl groups is 1. The normalized spacial score (nSPS) is 9.81. The molecule has 0 fully saturated rings. The molecule has 0 heterocycles. The van der Waals surface area contributed by atoms with E-state index in [2.05, 4.69) is 0 Å².